The molecule has 1 saturated heterocycles. The summed E-state index contributed by atoms with van der Waals surface area (Å²) < 4.78 is 0. The molecule has 0 spiro atoms. The quantitative estimate of drug-likeness (QED) is 0.674. The lowest BCUT2D eigenvalue weighted by molar-refractivity contribution is -0.383. The molecule has 7 heteroatoms. The molecule has 26 heavy (non-hydrogen) atoms. The zero-order chi connectivity index (χ0) is 18.1. The van der Waals surface area contributed by atoms with Gasteiger partial charge >= 0.3 is 0 Å². The molecular formula is C19H22N4O3. The van der Waals surface area contributed by atoms with Crippen LogP contribution in [0.5, 0.6) is 0 Å². The Labute approximate surface area is 151 Å². The Kier molecular flexibility index (Phi) is 4.55. The molecular weight excluding hydrogens is 332 g/mol. The van der Waals surface area contributed by atoms with Gasteiger partial charge in [0.15, 0.2) is 0 Å². The molecule has 1 aliphatic heterocycles. The highest BCUT2D eigenvalue weighted by atomic mass is 16.6. The molecule has 2 fully saturated rings. The van der Waals surface area contributed by atoms with Crippen LogP contribution < -0.4 is 5.32 Å². The first-order chi connectivity index (χ1) is 12.6. The van der Waals surface area contributed by atoms with Crippen LogP contribution in [0.1, 0.15) is 42.5 Å². The molecule has 1 atom stereocenters. The largest absolute Gasteiger partial charge is 0.348 e. The summed E-state index contributed by atoms with van der Waals surface area (Å²) in [5.74, 6) is -0.184. The minimum absolute atomic E-state index is 0.0783. The molecule has 2 aromatic rings. The van der Waals surface area contributed by atoms with Crippen molar-refractivity contribution in [1.29, 1.82) is 0 Å². The fourth-order valence-corrected chi connectivity index (χ4v) is 4.28. The summed E-state index contributed by atoms with van der Waals surface area (Å²) in [7, 11) is 0. The lowest BCUT2D eigenvalue weighted by atomic mass is 10.1. The minimum Gasteiger partial charge on any atom is -0.348 e. The predicted octanol–water partition coefficient (Wildman–Crippen LogP) is 2.89. The Morgan fingerprint density at radius 3 is 2.81 bits per heavy atom. The number of pyridine rings is 1. The van der Waals surface area contributed by atoms with E-state index in [1.54, 1.807) is 18.2 Å². The van der Waals surface area contributed by atoms with Crippen molar-refractivity contribution in [3.05, 3.63) is 46.1 Å². The summed E-state index contributed by atoms with van der Waals surface area (Å²) >= 11 is 0. The van der Waals surface area contributed by atoms with Crippen LogP contribution in [-0.4, -0.2) is 45.9 Å². The molecule has 136 valence electrons. The van der Waals surface area contributed by atoms with Gasteiger partial charge in [0.05, 0.1) is 10.5 Å². The van der Waals surface area contributed by atoms with Gasteiger partial charge in [-0.05, 0) is 25.3 Å². The number of rotatable bonds is 4. The number of benzene rings is 1. The van der Waals surface area contributed by atoms with Gasteiger partial charge < -0.3 is 5.32 Å². The Balaban J connectivity index is 1.52. The predicted molar refractivity (Wildman–Crippen MR) is 98.1 cm³/mol. The van der Waals surface area contributed by atoms with Crippen LogP contribution in [0.2, 0.25) is 0 Å². The molecule has 4 rings (SSSR count). The van der Waals surface area contributed by atoms with Crippen LogP contribution in [0.15, 0.2) is 30.5 Å². The second-order valence-electron chi connectivity index (χ2n) is 7.18. The van der Waals surface area contributed by atoms with Crippen LogP contribution in [-0.2, 0) is 0 Å². The second kappa shape index (κ2) is 6.99. The van der Waals surface area contributed by atoms with Crippen molar-refractivity contribution in [3.8, 4) is 0 Å². The molecule has 1 unspecified atom stereocenters. The molecule has 1 aliphatic carbocycles. The Morgan fingerprint density at radius 1 is 1.23 bits per heavy atom. The first-order valence-electron chi connectivity index (χ1n) is 9.20. The number of nitrogens with one attached hydrogen (secondary N) is 1. The van der Waals surface area contributed by atoms with Crippen LogP contribution in [0.4, 0.5) is 5.69 Å². The average Bonchev–Trinajstić information content (AvgIpc) is 3.32. The summed E-state index contributed by atoms with van der Waals surface area (Å²) in [6.45, 7) is 1.91. The molecule has 1 N–H and O–H groups in total. The van der Waals surface area contributed by atoms with Crippen LogP contribution >= 0.6 is 0 Å². The molecule has 2 heterocycles. The van der Waals surface area contributed by atoms with Crippen molar-refractivity contribution >= 4 is 22.5 Å². The summed E-state index contributed by atoms with van der Waals surface area (Å²) in [6, 6.07) is 7.14. The fourth-order valence-electron chi connectivity index (χ4n) is 4.28. The van der Waals surface area contributed by atoms with E-state index in [9.17, 15) is 14.9 Å². The molecule has 0 bridgehead atoms. The molecule has 0 radical (unpaired) electrons. The van der Waals surface area contributed by atoms with Crippen molar-refractivity contribution < 1.29 is 9.72 Å². The number of aromatic nitrogens is 1. The molecule has 7 nitrogen and oxygen atoms in total. The number of fused-ring (bicyclic) bond motifs is 1. The minimum atomic E-state index is -0.465. The average molecular weight is 354 g/mol. The zero-order valence-electron chi connectivity index (χ0n) is 14.6. The van der Waals surface area contributed by atoms with Crippen molar-refractivity contribution in [1.82, 2.24) is 15.2 Å². The van der Waals surface area contributed by atoms with E-state index in [2.05, 4.69) is 15.2 Å². The van der Waals surface area contributed by atoms with Crippen LogP contribution in [0.25, 0.3) is 10.9 Å². The van der Waals surface area contributed by atoms with E-state index >= 15 is 0 Å². The lowest BCUT2D eigenvalue weighted by Crippen LogP contribution is -2.39. The van der Waals surface area contributed by atoms with Gasteiger partial charge in [-0.2, -0.15) is 0 Å². The third-order valence-corrected chi connectivity index (χ3v) is 5.59. The molecule has 1 aromatic heterocycles. The topological polar surface area (TPSA) is 88.4 Å². The third kappa shape index (κ3) is 3.14. The standard InChI is InChI=1S/C19H22N4O3/c24-19(21-13-9-11-22(12-13)14-4-1-2-5-14)16-8-10-20-18-15(16)6-3-7-17(18)23(25)26/h3,6-8,10,13-14H,1-2,4-5,9,11-12H2,(H,21,24). The number of likely N-dealkylation sites (tertiary alicyclic amines) is 1. The Bertz CT molecular complexity index is 848. The Hall–Kier alpha value is -2.54. The van der Waals surface area contributed by atoms with E-state index in [-0.39, 0.29) is 23.2 Å². The number of amides is 1. The first kappa shape index (κ1) is 16.9. The number of nitro groups is 1. The maximum absolute atomic E-state index is 12.8. The van der Waals surface area contributed by atoms with Gasteiger partial charge in [0.1, 0.15) is 5.52 Å². The summed E-state index contributed by atoms with van der Waals surface area (Å²) in [4.78, 5) is 30.1. The van der Waals surface area contributed by atoms with Gasteiger partial charge in [-0.25, -0.2) is 4.98 Å². The first-order valence-corrected chi connectivity index (χ1v) is 9.20. The summed E-state index contributed by atoms with van der Waals surface area (Å²) in [5, 5.41) is 14.8. The Morgan fingerprint density at radius 2 is 2.04 bits per heavy atom. The monoisotopic (exact) mass is 354 g/mol. The normalized spacial score (nSPS) is 21.3. The van der Waals surface area contributed by atoms with Crippen molar-refractivity contribution in [2.24, 2.45) is 0 Å². The number of carbonyl (C=O) groups is 1. The van der Waals surface area contributed by atoms with Crippen molar-refractivity contribution in [2.75, 3.05) is 13.1 Å². The van der Waals surface area contributed by atoms with E-state index < -0.39 is 4.92 Å². The maximum atomic E-state index is 12.8. The van der Waals surface area contributed by atoms with Gasteiger partial charge in [-0.1, -0.05) is 25.0 Å². The van der Waals surface area contributed by atoms with E-state index in [4.69, 9.17) is 0 Å². The summed E-state index contributed by atoms with van der Waals surface area (Å²) in [5.41, 5.74) is 0.618. The van der Waals surface area contributed by atoms with E-state index in [0.29, 0.717) is 17.0 Å². The number of carbonyl (C=O) groups excluding carboxylic acids is 1. The van der Waals surface area contributed by atoms with Crippen LogP contribution in [0.3, 0.4) is 0 Å². The highest BCUT2D eigenvalue weighted by Crippen LogP contribution is 2.28. The van der Waals surface area contributed by atoms with E-state index in [0.717, 1.165) is 19.5 Å². The van der Waals surface area contributed by atoms with E-state index in [1.807, 2.05) is 0 Å². The van der Waals surface area contributed by atoms with E-state index in [1.165, 1.54) is 37.9 Å². The highest BCUT2D eigenvalue weighted by molar-refractivity contribution is 6.07. The maximum Gasteiger partial charge on any atom is 0.295 e. The summed E-state index contributed by atoms with van der Waals surface area (Å²) in [6.07, 6.45) is 7.55. The molecule has 2 aliphatic rings. The van der Waals surface area contributed by atoms with Gasteiger partial charge in [0.2, 0.25) is 0 Å². The van der Waals surface area contributed by atoms with Gasteiger partial charge in [-0.15, -0.1) is 0 Å². The molecule has 1 saturated carbocycles. The number of nitro benzene ring substituents is 1. The molecule has 1 amide bonds. The number of hydrogen-bond acceptors (Lipinski definition) is 5. The van der Waals surface area contributed by atoms with Gasteiger partial charge in [0, 0.05) is 42.8 Å². The SMILES string of the molecule is O=C(NC1CCN(C2CCCC2)C1)c1ccnc2c([N+](=O)[O-])cccc12. The smallest absolute Gasteiger partial charge is 0.295 e. The zero-order valence-corrected chi connectivity index (χ0v) is 14.6. The highest BCUT2D eigenvalue weighted by Gasteiger charge is 2.31. The fraction of sp³-hybridized carbons (Fsp3) is 0.474. The second-order valence-corrected chi connectivity index (χ2v) is 7.18. The molecule has 1 aromatic carbocycles. The van der Waals surface area contributed by atoms with Gasteiger partial charge in [0.25, 0.3) is 11.6 Å². The number of para-hydroxylation sites is 1. The number of hydrogen-bond donors (Lipinski definition) is 1. The van der Waals surface area contributed by atoms with Gasteiger partial charge in [-0.3, -0.25) is 19.8 Å². The van der Waals surface area contributed by atoms with Crippen LogP contribution in [0, 0.1) is 10.1 Å². The van der Waals surface area contributed by atoms with Crippen molar-refractivity contribution in [3.63, 3.8) is 0 Å². The van der Waals surface area contributed by atoms with Crippen molar-refractivity contribution in [2.45, 2.75) is 44.2 Å². The number of non-ortho nitro benzene ring substituents is 1. The third-order valence-electron chi connectivity index (χ3n) is 5.59. The lowest BCUT2D eigenvalue weighted by Gasteiger charge is -2.23. The number of nitrogens with zero attached hydrogens (tertiary/aromatic N) is 3.